The molecule has 0 atom stereocenters. The Hall–Kier alpha value is -1.84. The first kappa shape index (κ1) is 13.6. The van der Waals surface area contributed by atoms with Crippen LogP contribution in [0.15, 0.2) is 24.3 Å². The molecule has 0 bridgehead atoms. The average Bonchev–Trinajstić information content (AvgIpc) is 3.23. The third-order valence-corrected chi connectivity index (χ3v) is 3.30. The van der Waals surface area contributed by atoms with Gasteiger partial charge in [0.15, 0.2) is 0 Å². The summed E-state index contributed by atoms with van der Waals surface area (Å²) in [5.74, 6) is -0.266. The molecule has 4 nitrogen and oxygen atoms in total. The summed E-state index contributed by atoms with van der Waals surface area (Å²) in [5.41, 5.74) is 1.76. The number of rotatable bonds is 5. The van der Waals surface area contributed by atoms with Crippen molar-refractivity contribution in [1.29, 1.82) is 0 Å². The van der Waals surface area contributed by atoms with Crippen molar-refractivity contribution in [2.24, 2.45) is 0 Å². The highest BCUT2D eigenvalue weighted by molar-refractivity contribution is 5.95. The first-order valence-electron chi connectivity index (χ1n) is 6.56. The second-order valence-electron chi connectivity index (χ2n) is 4.93. The minimum atomic E-state index is -0.275. The number of esters is 1. The quantitative estimate of drug-likeness (QED) is 0.763. The Morgan fingerprint density at radius 1 is 1.37 bits per heavy atom. The lowest BCUT2D eigenvalue weighted by Gasteiger charge is -2.22. The zero-order chi connectivity index (χ0) is 13.8. The van der Waals surface area contributed by atoms with Crippen molar-refractivity contribution in [2.45, 2.75) is 32.2 Å². The maximum atomic E-state index is 12.5. The van der Waals surface area contributed by atoms with E-state index in [2.05, 4.69) is 4.74 Å². The molecule has 1 saturated carbocycles. The predicted octanol–water partition coefficient (Wildman–Crippen LogP) is 2.16. The maximum absolute atomic E-state index is 12.5. The van der Waals surface area contributed by atoms with E-state index in [0.717, 1.165) is 18.4 Å². The van der Waals surface area contributed by atoms with Crippen molar-refractivity contribution in [3.05, 3.63) is 35.4 Å². The van der Waals surface area contributed by atoms with Gasteiger partial charge >= 0.3 is 5.97 Å². The van der Waals surface area contributed by atoms with Gasteiger partial charge in [-0.25, -0.2) is 0 Å². The highest BCUT2D eigenvalue weighted by Crippen LogP contribution is 2.28. The summed E-state index contributed by atoms with van der Waals surface area (Å²) in [5, 5.41) is 0. The number of benzene rings is 1. The van der Waals surface area contributed by atoms with Crippen LogP contribution in [-0.2, 0) is 9.53 Å². The number of carbonyl (C=O) groups is 2. The lowest BCUT2D eigenvalue weighted by Crippen LogP contribution is -2.35. The first-order valence-corrected chi connectivity index (χ1v) is 6.56. The van der Waals surface area contributed by atoms with Gasteiger partial charge in [0, 0.05) is 18.2 Å². The standard InChI is InChI=1S/C15H19NO3/c1-11-4-3-5-12(10-11)15(18)16(13-6-7-13)9-8-14(17)19-2/h3-5,10,13H,6-9H2,1-2H3. The van der Waals surface area contributed by atoms with Crippen molar-refractivity contribution in [1.82, 2.24) is 4.90 Å². The predicted molar refractivity (Wildman–Crippen MR) is 71.9 cm³/mol. The Labute approximate surface area is 113 Å². The summed E-state index contributed by atoms with van der Waals surface area (Å²) in [6.45, 7) is 2.40. The van der Waals surface area contributed by atoms with Crippen LogP contribution in [0.1, 0.15) is 35.2 Å². The van der Waals surface area contributed by atoms with E-state index in [-0.39, 0.29) is 24.3 Å². The fourth-order valence-corrected chi connectivity index (χ4v) is 2.09. The van der Waals surface area contributed by atoms with Crippen LogP contribution < -0.4 is 0 Å². The van der Waals surface area contributed by atoms with Gasteiger partial charge in [0.1, 0.15) is 0 Å². The lowest BCUT2D eigenvalue weighted by atomic mass is 10.1. The third-order valence-electron chi connectivity index (χ3n) is 3.30. The molecule has 4 heteroatoms. The fraction of sp³-hybridized carbons (Fsp3) is 0.467. The second kappa shape index (κ2) is 5.87. The van der Waals surface area contributed by atoms with E-state index in [0.29, 0.717) is 12.1 Å². The molecule has 1 amide bonds. The smallest absolute Gasteiger partial charge is 0.307 e. The van der Waals surface area contributed by atoms with Crippen LogP contribution in [0.5, 0.6) is 0 Å². The van der Waals surface area contributed by atoms with Gasteiger partial charge in [-0.3, -0.25) is 9.59 Å². The number of hydrogen-bond donors (Lipinski definition) is 0. The van der Waals surface area contributed by atoms with Crippen LogP contribution in [0.3, 0.4) is 0 Å². The molecule has 1 aliphatic rings. The molecule has 0 unspecified atom stereocenters. The molecule has 0 saturated heterocycles. The monoisotopic (exact) mass is 261 g/mol. The molecule has 1 fully saturated rings. The molecule has 102 valence electrons. The molecule has 1 aliphatic carbocycles. The summed E-state index contributed by atoms with van der Waals surface area (Å²) in [6.07, 6.45) is 2.31. The van der Waals surface area contributed by atoms with Crippen LogP contribution in [-0.4, -0.2) is 36.5 Å². The van der Waals surface area contributed by atoms with Crippen LogP contribution in [0, 0.1) is 6.92 Å². The van der Waals surface area contributed by atoms with Crippen molar-refractivity contribution in [3.63, 3.8) is 0 Å². The fourth-order valence-electron chi connectivity index (χ4n) is 2.09. The number of nitrogens with zero attached hydrogens (tertiary/aromatic N) is 1. The highest BCUT2D eigenvalue weighted by Gasteiger charge is 2.33. The number of ether oxygens (including phenoxy) is 1. The van der Waals surface area contributed by atoms with Crippen molar-refractivity contribution >= 4 is 11.9 Å². The number of methoxy groups -OCH3 is 1. The topological polar surface area (TPSA) is 46.6 Å². The van der Waals surface area contributed by atoms with Gasteiger partial charge in [-0.2, -0.15) is 0 Å². The Kier molecular flexibility index (Phi) is 4.20. The van der Waals surface area contributed by atoms with E-state index in [4.69, 9.17) is 0 Å². The van der Waals surface area contributed by atoms with Crippen LogP contribution in [0.25, 0.3) is 0 Å². The summed E-state index contributed by atoms with van der Waals surface area (Å²) in [7, 11) is 1.37. The summed E-state index contributed by atoms with van der Waals surface area (Å²) < 4.78 is 4.63. The van der Waals surface area contributed by atoms with Gasteiger partial charge in [-0.1, -0.05) is 17.7 Å². The van der Waals surface area contributed by atoms with Gasteiger partial charge < -0.3 is 9.64 Å². The van der Waals surface area contributed by atoms with E-state index >= 15 is 0 Å². The molecule has 0 aliphatic heterocycles. The van der Waals surface area contributed by atoms with Crippen molar-refractivity contribution in [3.8, 4) is 0 Å². The van der Waals surface area contributed by atoms with Gasteiger partial charge in [0.2, 0.25) is 0 Å². The molecule has 2 rings (SSSR count). The van der Waals surface area contributed by atoms with E-state index in [1.807, 2.05) is 31.2 Å². The molecular weight excluding hydrogens is 242 g/mol. The molecule has 19 heavy (non-hydrogen) atoms. The summed E-state index contributed by atoms with van der Waals surface area (Å²) in [4.78, 5) is 25.5. The van der Waals surface area contributed by atoms with Crippen LogP contribution >= 0.6 is 0 Å². The highest BCUT2D eigenvalue weighted by atomic mass is 16.5. The SMILES string of the molecule is COC(=O)CCN(C(=O)c1cccc(C)c1)C1CC1. The number of carbonyl (C=O) groups excluding carboxylic acids is 2. The molecule has 1 aromatic carbocycles. The Balaban J connectivity index is 2.06. The Bertz CT molecular complexity index is 480. The summed E-state index contributed by atoms with van der Waals surface area (Å²) >= 11 is 0. The molecule has 0 radical (unpaired) electrons. The third kappa shape index (κ3) is 3.56. The van der Waals surface area contributed by atoms with E-state index in [9.17, 15) is 9.59 Å². The Morgan fingerprint density at radius 2 is 2.11 bits per heavy atom. The minimum Gasteiger partial charge on any atom is -0.469 e. The van der Waals surface area contributed by atoms with E-state index in [1.165, 1.54) is 7.11 Å². The van der Waals surface area contributed by atoms with Crippen molar-refractivity contribution < 1.29 is 14.3 Å². The van der Waals surface area contributed by atoms with Gasteiger partial charge in [-0.05, 0) is 31.9 Å². The van der Waals surface area contributed by atoms with E-state index in [1.54, 1.807) is 4.90 Å². The first-order chi connectivity index (χ1) is 9.11. The van der Waals surface area contributed by atoms with Gasteiger partial charge in [0.25, 0.3) is 5.91 Å². The Morgan fingerprint density at radius 3 is 2.68 bits per heavy atom. The lowest BCUT2D eigenvalue weighted by molar-refractivity contribution is -0.140. The number of amides is 1. The minimum absolute atomic E-state index is 0.00935. The number of hydrogen-bond acceptors (Lipinski definition) is 3. The summed E-state index contributed by atoms with van der Waals surface area (Å²) in [6, 6.07) is 7.84. The van der Waals surface area contributed by atoms with Crippen molar-refractivity contribution in [2.75, 3.05) is 13.7 Å². The normalized spacial score (nSPS) is 14.0. The molecular formula is C15H19NO3. The van der Waals surface area contributed by atoms with Crippen LogP contribution in [0.2, 0.25) is 0 Å². The van der Waals surface area contributed by atoms with Gasteiger partial charge in [-0.15, -0.1) is 0 Å². The van der Waals surface area contributed by atoms with E-state index < -0.39 is 0 Å². The average molecular weight is 261 g/mol. The number of aryl methyl sites for hydroxylation is 1. The zero-order valence-corrected chi connectivity index (χ0v) is 11.4. The maximum Gasteiger partial charge on any atom is 0.307 e. The van der Waals surface area contributed by atoms with Crippen LogP contribution in [0.4, 0.5) is 0 Å². The zero-order valence-electron chi connectivity index (χ0n) is 11.4. The second-order valence-corrected chi connectivity index (χ2v) is 4.93. The molecule has 0 N–H and O–H groups in total. The largest absolute Gasteiger partial charge is 0.469 e. The molecule has 0 aromatic heterocycles. The van der Waals surface area contributed by atoms with Gasteiger partial charge in [0.05, 0.1) is 13.5 Å². The molecule has 0 spiro atoms. The molecule has 0 heterocycles. The molecule has 1 aromatic rings.